The maximum atomic E-state index is 12.3. The SMILES string of the molecule is O=C1C(NC2CC2)CCN1c1ccc(Cl)c(Cl)c1. The maximum Gasteiger partial charge on any atom is 0.244 e. The summed E-state index contributed by atoms with van der Waals surface area (Å²) in [6, 6.07) is 5.83. The van der Waals surface area contributed by atoms with Gasteiger partial charge in [0, 0.05) is 18.3 Å². The normalized spacial score (nSPS) is 23.8. The molecule has 1 aromatic carbocycles. The summed E-state index contributed by atoms with van der Waals surface area (Å²) in [7, 11) is 0. The van der Waals surface area contributed by atoms with E-state index >= 15 is 0 Å². The van der Waals surface area contributed by atoms with Crippen molar-refractivity contribution < 1.29 is 4.79 Å². The van der Waals surface area contributed by atoms with Crippen molar-refractivity contribution in [2.24, 2.45) is 0 Å². The molecule has 96 valence electrons. The molecule has 1 unspecified atom stereocenters. The summed E-state index contributed by atoms with van der Waals surface area (Å²) in [5, 5.41) is 4.38. The molecule has 1 aliphatic heterocycles. The van der Waals surface area contributed by atoms with E-state index in [1.807, 2.05) is 6.07 Å². The number of hydrogen-bond acceptors (Lipinski definition) is 2. The maximum absolute atomic E-state index is 12.3. The quantitative estimate of drug-likeness (QED) is 0.926. The fraction of sp³-hybridized carbons (Fsp3) is 0.462. The zero-order valence-electron chi connectivity index (χ0n) is 9.83. The van der Waals surface area contributed by atoms with Gasteiger partial charge in [-0.3, -0.25) is 4.79 Å². The molecule has 1 aromatic rings. The summed E-state index contributed by atoms with van der Waals surface area (Å²) in [6.07, 6.45) is 3.24. The van der Waals surface area contributed by atoms with Crippen molar-refractivity contribution in [3.63, 3.8) is 0 Å². The number of benzene rings is 1. The van der Waals surface area contributed by atoms with E-state index in [1.54, 1.807) is 17.0 Å². The molecule has 0 bridgehead atoms. The van der Waals surface area contributed by atoms with Crippen LogP contribution in [0.5, 0.6) is 0 Å². The number of rotatable bonds is 3. The number of halogens is 2. The smallest absolute Gasteiger partial charge is 0.244 e. The number of carbonyl (C=O) groups excluding carboxylic acids is 1. The number of amides is 1. The Morgan fingerprint density at radius 2 is 1.94 bits per heavy atom. The minimum atomic E-state index is -0.0352. The summed E-state index contributed by atoms with van der Waals surface area (Å²) in [5.41, 5.74) is 0.828. The van der Waals surface area contributed by atoms with E-state index in [0.29, 0.717) is 16.1 Å². The number of carbonyl (C=O) groups is 1. The summed E-state index contributed by atoms with van der Waals surface area (Å²) in [4.78, 5) is 14.0. The Kier molecular flexibility index (Phi) is 3.22. The second-order valence-corrected chi connectivity index (χ2v) is 5.68. The molecule has 1 atom stereocenters. The van der Waals surface area contributed by atoms with Crippen molar-refractivity contribution in [2.75, 3.05) is 11.4 Å². The molecular formula is C13H14Cl2N2O. The molecule has 3 nitrogen and oxygen atoms in total. The fourth-order valence-corrected chi connectivity index (χ4v) is 2.57. The molecule has 1 heterocycles. The zero-order valence-corrected chi connectivity index (χ0v) is 11.3. The van der Waals surface area contributed by atoms with Crippen LogP contribution in [0, 0.1) is 0 Å². The van der Waals surface area contributed by atoms with Gasteiger partial charge in [0.25, 0.3) is 0 Å². The van der Waals surface area contributed by atoms with E-state index in [1.165, 1.54) is 12.8 Å². The molecule has 1 amide bonds. The van der Waals surface area contributed by atoms with Crippen molar-refractivity contribution >= 4 is 34.8 Å². The highest BCUT2D eigenvalue weighted by molar-refractivity contribution is 6.42. The molecule has 0 radical (unpaired) electrons. The van der Waals surface area contributed by atoms with Crippen molar-refractivity contribution in [3.05, 3.63) is 28.2 Å². The highest BCUT2D eigenvalue weighted by Gasteiger charge is 2.36. The zero-order chi connectivity index (χ0) is 12.7. The van der Waals surface area contributed by atoms with Gasteiger partial charge in [-0.2, -0.15) is 0 Å². The summed E-state index contributed by atoms with van der Waals surface area (Å²) in [6.45, 7) is 0.737. The molecule has 0 aromatic heterocycles. The third kappa shape index (κ3) is 2.35. The number of anilines is 1. The summed E-state index contributed by atoms with van der Waals surface area (Å²) < 4.78 is 0. The molecule has 3 rings (SSSR count). The van der Waals surface area contributed by atoms with Crippen LogP contribution in [0.25, 0.3) is 0 Å². The molecule has 2 fully saturated rings. The predicted octanol–water partition coefficient (Wildman–Crippen LogP) is 2.85. The standard InChI is InChI=1S/C13H14Cl2N2O/c14-10-4-3-9(7-11(10)15)17-6-5-12(13(17)18)16-8-1-2-8/h3-4,7-8,12,16H,1-2,5-6H2. The topological polar surface area (TPSA) is 32.3 Å². The monoisotopic (exact) mass is 284 g/mol. The lowest BCUT2D eigenvalue weighted by atomic mass is 10.2. The van der Waals surface area contributed by atoms with E-state index in [0.717, 1.165) is 18.7 Å². The van der Waals surface area contributed by atoms with Crippen molar-refractivity contribution in [1.29, 1.82) is 0 Å². The fourth-order valence-electron chi connectivity index (χ4n) is 2.28. The number of nitrogens with one attached hydrogen (secondary N) is 1. The Balaban J connectivity index is 1.76. The van der Waals surface area contributed by atoms with Crippen LogP contribution in [0.3, 0.4) is 0 Å². The van der Waals surface area contributed by atoms with Gasteiger partial charge in [0.1, 0.15) is 0 Å². The van der Waals surface area contributed by atoms with Crippen molar-refractivity contribution in [3.8, 4) is 0 Å². The second-order valence-electron chi connectivity index (χ2n) is 4.87. The lowest BCUT2D eigenvalue weighted by molar-refractivity contribution is -0.118. The van der Waals surface area contributed by atoms with E-state index in [-0.39, 0.29) is 11.9 Å². The van der Waals surface area contributed by atoms with Crippen LogP contribution in [0.4, 0.5) is 5.69 Å². The van der Waals surface area contributed by atoms with Crippen LogP contribution in [0.15, 0.2) is 18.2 Å². The van der Waals surface area contributed by atoms with E-state index in [2.05, 4.69) is 5.32 Å². The van der Waals surface area contributed by atoms with Gasteiger partial charge in [-0.05, 0) is 37.5 Å². The molecule has 5 heteroatoms. The Bertz CT molecular complexity index is 488. The molecule has 1 saturated carbocycles. The minimum Gasteiger partial charge on any atom is -0.311 e. The van der Waals surface area contributed by atoms with E-state index in [9.17, 15) is 4.79 Å². The van der Waals surface area contributed by atoms with Gasteiger partial charge in [-0.15, -0.1) is 0 Å². The predicted molar refractivity (Wildman–Crippen MR) is 73.4 cm³/mol. The Morgan fingerprint density at radius 1 is 1.17 bits per heavy atom. The average Bonchev–Trinajstić information content (AvgIpc) is 3.09. The highest BCUT2D eigenvalue weighted by Crippen LogP contribution is 2.30. The molecule has 1 aliphatic carbocycles. The molecule has 1 saturated heterocycles. The molecule has 0 spiro atoms. The van der Waals surface area contributed by atoms with Crippen molar-refractivity contribution in [2.45, 2.75) is 31.3 Å². The lowest BCUT2D eigenvalue weighted by Gasteiger charge is -2.17. The first-order valence-electron chi connectivity index (χ1n) is 6.17. The molecule has 2 aliphatic rings. The Labute approximate surface area is 116 Å². The van der Waals surface area contributed by atoms with Crippen molar-refractivity contribution in [1.82, 2.24) is 5.32 Å². The van der Waals surface area contributed by atoms with Crippen LogP contribution in [-0.4, -0.2) is 24.5 Å². The van der Waals surface area contributed by atoms with E-state index < -0.39 is 0 Å². The second kappa shape index (κ2) is 4.72. The molecule has 18 heavy (non-hydrogen) atoms. The van der Waals surface area contributed by atoms with Crippen LogP contribution in [0.2, 0.25) is 10.0 Å². The molecule has 1 N–H and O–H groups in total. The van der Waals surface area contributed by atoms with Gasteiger partial charge in [0.15, 0.2) is 0 Å². The van der Waals surface area contributed by atoms with E-state index in [4.69, 9.17) is 23.2 Å². The first kappa shape index (κ1) is 12.3. The Morgan fingerprint density at radius 3 is 2.61 bits per heavy atom. The lowest BCUT2D eigenvalue weighted by Crippen LogP contribution is -2.39. The third-order valence-electron chi connectivity index (χ3n) is 3.43. The summed E-state index contributed by atoms with van der Waals surface area (Å²) >= 11 is 11.9. The van der Waals surface area contributed by atoms with Crippen LogP contribution in [-0.2, 0) is 4.79 Å². The largest absolute Gasteiger partial charge is 0.311 e. The van der Waals surface area contributed by atoms with Crippen LogP contribution >= 0.6 is 23.2 Å². The van der Waals surface area contributed by atoms with Gasteiger partial charge >= 0.3 is 0 Å². The highest BCUT2D eigenvalue weighted by atomic mass is 35.5. The molecular weight excluding hydrogens is 271 g/mol. The average molecular weight is 285 g/mol. The van der Waals surface area contributed by atoms with Gasteiger partial charge in [-0.25, -0.2) is 0 Å². The minimum absolute atomic E-state index is 0.0352. The third-order valence-corrected chi connectivity index (χ3v) is 4.17. The number of hydrogen-bond donors (Lipinski definition) is 1. The van der Waals surface area contributed by atoms with Crippen LogP contribution < -0.4 is 10.2 Å². The number of nitrogens with zero attached hydrogens (tertiary/aromatic N) is 1. The summed E-state index contributed by atoms with van der Waals surface area (Å²) in [5.74, 6) is 0.139. The van der Waals surface area contributed by atoms with Gasteiger partial charge in [-0.1, -0.05) is 23.2 Å². The Hall–Kier alpha value is -0.770. The first-order chi connectivity index (χ1) is 8.65. The van der Waals surface area contributed by atoms with Gasteiger partial charge < -0.3 is 10.2 Å². The first-order valence-corrected chi connectivity index (χ1v) is 6.93. The van der Waals surface area contributed by atoms with Crippen LogP contribution in [0.1, 0.15) is 19.3 Å². The van der Waals surface area contributed by atoms with Gasteiger partial charge in [0.05, 0.1) is 16.1 Å². The van der Waals surface area contributed by atoms with Gasteiger partial charge in [0.2, 0.25) is 5.91 Å².